The first-order valence-corrected chi connectivity index (χ1v) is 9.20. The number of hydrogen-bond donors (Lipinski definition) is 0. The van der Waals surface area contributed by atoms with Crippen molar-refractivity contribution in [1.82, 2.24) is 0 Å². The lowest BCUT2D eigenvalue weighted by Gasteiger charge is -2.18. The number of non-ortho nitro benzene ring substituents is 1. The van der Waals surface area contributed by atoms with Crippen LogP contribution in [0, 0.1) is 10.1 Å². The summed E-state index contributed by atoms with van der Waals surface area (Å²) in [4.78, 5) is 37.6. The van der Waals surface area contributed by atoms with Gasteiger partial charge in [0.15, 0.2) is 0 Å². The second kappa shape index (κ2) is 8.60. The summed E-state index contributed by atoms with van der Waals surface area (Å²) in [6, 6.07) is 12.7. The van der Waals surface area contributed by atoms with Crippen LogP contribution >= 0.6 is 0 Å². The Kier molecular flexibility index (Phi) is 5.96. The molecule has 0 spiro atoms. The molecule has 0 unspecified atom stereocenters. The maximum Gasteiger partial charge on any atom is 0.340 e. The van der Waals surface area contributed by atoms with Crippen LogP contribution in [0.4, 0.5) is 11.4 Å². The largest absolute Gasteiger partial charge is 0.494 e. The number of nitro groups is 1. The molecule has 0 radical (unpaired) electrons. The molecule has 1 aliphatic rings. The van der Waals surface area contributed by atoms with Crippen molar-refractivity contribution in [2.45, 2.75) is 13.8 Å². The number of methoxy groups -OCH3 is 1. The number of benzene rings is 2. The fourth-order valence-electron chi connectivity index (χ4n) is 3.24. The van der Waals surface area contributed by atoms with Gasteiger partial charge in [0.2, 0.25) is 0 Å². The molecule has 8 nitrogen and oxygen atoms in total. The summed E-state index contributed by atoms with van der Waals surface area (Å²) in [5.74, 6) is -0.426. The predicted octanol–water partition coefficient (Wildman–Crippen LogP) is 3.87. The van der Waals surface area contributed by atoms with E-state index in [9.17, 15) is 19.7 Å². The number of rotatable bonds is 6. The Balaban J connectivity index is 2.08. The lowest BCUT2D eigenvalue weighted by Crippen LogP contribution is -2.24. The Bertz CT molecular complexity index is 1070. The minimum atomic E-state index is -0.661. The first kappa shape index (κ1) is 20.8. The summed E-state index contributed by atoms with van der Waals surface area (Å²) in [5.41, 5.74) is 1.50. The van der Waals surface area contributed by atoms with E-state index in [0.29, 0.717) is 29.3 Å². The molecule has 2 aromatic carbocycles. The molecule has 0 fully saturated rings. The van der Waals surface area contributed by atoms with Crippen LogP contribution in [0.2, 0.25) is 0 Å². The highest BCUT2D eigenvalue weighted by Crippen LogP contribution is 2.36. The number of hydrogen-bond acceptors (Lipinski definition) is 6. The maximum absolute atomic E-state index is 13.2. The Morgan fingerprint density at radius 1 is 1.20 bits per heavy atom. The first-order valence-electron chi connectivity index (χ1n) is 9.20. The van der Waals surface area contributed by atoms with Crippen LogP contribution in [0.3, 0.4) is 0 Å². The zero-order chi connectivity index (χ0) is 21.8. The second-order valence-corrected chi connectivity index (χ2v) is 6.43. The van der Waals surface area contributed by atoms with Crippen LogP contribution in [0.5, 0.6) is 5.75 Å². The van der Waals surface area contributed by atoms with Crippen LogP contribution in [-0.4, -0.2) is 30.5 Å². The third kappa shape index (κ3) is 3.93. The van der Waals surface area contributed by atoms with Gasteiger partial charge in [-0.25, -0.2) is 4.79 Å². The van der Waals surface area contributed by atoms with Gasteiger partial charge in [-0.15, -0.1) is 0 Å². The van der Waals surface area contributed by atoms with E-state index in [1.54, 1.807) is 37.3 Å². The zero-order valence-electron chi connectivity index (χ0n) is 16.7. The van der Waals surface area contributed by atoms with Gasteiger partial charge < -0.3 is 9.47 Å². The fraction of sp³-hybridized carbons (Fsp3) is 0.182. The zero-order valence-corrected chi connectivity index (χ0v) is 16.7. The van der Waals surface area contributed by atoms with Crippen molar-refractivity contribution in [3.8, 4) is 5.75 Å². The molecule has 3 rings (SSSR count). The van der Waals surface area contributed by atoms with E-state index >= 15 is 0 Å². The Morgan fingerprint density at radius 2 is 1.90 bits per heavy atom. The van der Waals surface area contributed by atoms with Crippen LogP contribution < -0.4 is 9.64 Å². The molecule has 1 amide bonds. The van der Waals surface area contributed by atoms with E-state index in [4.69, 9.17) is 9.47 Å². The number of esters is 1. The van der Waals surface area contributed by atoms with E-state index in [2.05, 4.69) is 0 Å². The van der Waals surface area contributed by atoms with Gasteiger partial charge in [-0.1, -0.05) is 12.1 Å². The number of ether oxygens (including phenoxy) is 2. The monoisotopic (exact) mass is 408 g/mol. The summed E-state index contributed by atoms with van der Waals surface area (Å²) < 4.78 is 10.3. The molecular formula is C22H20N2O6. The molecule has 0 N–H and O–H groups in total. The number of nitrogens with zero attached hydrogens (tertiary/aromatic N) is 2. The van der Waals surface area contributed by atoms with Crippen molar-refractivity contribution in [1.29, 1.82) is 0 Å². The van der Waals surface area contributed by atoms with Crippen LogP contribution in [0.25, 0.3) is 6.08 Å². The van der Waals surface area contributed by atoms with Crippen LogP contribution in [0.15, 0.2) is 65.4 Å². The number of nitro benzene ring substituents is 1. The highest BCUT2D eigenvalue weighted by molar-refractivity contribution is 6.23. The second-order valence-electron chi connectivity index (χ2n) is 6.43. The van der Waals surface area contributed by atoms with Gasteiger partial charge >= 0.3 is 5.97 Å². The SMILES string of the molecule is CCOc1ccc(N2C(=O)/C(=C/c3cccc([N+](=O)[O-])c3)C(C(=O)OC)=C2C)cc1. The number of carbonyl (C=O) groups excluding carboxylic acids is 2. The van der Waals surface area contributed by atoms with Gasteiger partial charge in [0.25, 0.3) is 11.6 Å². The molecule has 1 heterocycles. The molecular weight excluding hydrogens is 388 g/mol. The van der Waals surface area contributed by atoms with Gasteiger partial charge in [-0.05, 0) is 49.8 Å². The van der Waals surface area contributed by atoms with Gasteiger partial charge in [0.05, 0.1) is 29.8 Å². The highest BCUT2D eigenvalue weighted by Gasteiger charge is 2.37. The molecule has 0 aromatic heterocycles. The molecule has 0 bridgehead atoms. The number of amides is 1. The topological polar surface area (TPSA) is 99.0 Å². The Labute approximate surface area is 173 Å². The average Bonchev–Trinajstić information content (AvgIpc) is 2.98. The normalized spacial score (nSPS) is 15.0. The van der Waals surface area contributed by atoms with Crippen molar-refractivity contribution in [2.75, 3.05) is 18.6 Å². The van der Waals surface area contributed by atoms with E-state index in [1.165, 1.54) is 36.3 Å². The smallest absolute Gasteiger partial charge is 0.340 e. The van der Waals surface area contributed by atoms with Crippen molar-refractivity contribution < 1.29 is 24.0 Å². The van der Waals surface area contributed by atoms with Crippen molar-refractivity contribution in [3.05, 3.63) is 81.1 Å². The number of carbonyl (C=O) groups is 2. The number of allylic oxidation sites excluding steroid dienone is 1. The molecule has 0 aliphatic carbocycles. The van der Waals surface area contributed by atoms with E-state index in [0.717, 1.165) is 0 Å². The molecule has 154 valence electrons. The average molecular weight is 408 g/mol. The quantitative estimate of drug-likeness (QED) is 0.311. The van der Waals surface area contributed by atoms with Gasteiger partial charge in [-0.2, -0.15) is 0 Å². The maximum atomic E-state index is 13.2. The Hall–Kier alpha value is -3.94. The standard InChI is InChI=1S/C22H20N2O6/c1-4-30-18-10-8-16(9-11-18)23-14(2)20(22(26)29-3)19(21(23)25)13-15-6-5-7-17(12-15)24(27)28/h5-13H,4H2,1-3H3/b19-13+. The first-order chi connectivity index (χ1) is 14.4. The molecule has 1 aliphatic heterocycles. The van der Waals surface area contributed by atoms with E-state index < -0.39 is 16.8 Å². The summed E-state index contributed by atoms with van der Waals surface area (Å²) in [5, 5.41) is 11.1. The lowest BCUT2D eigenvalue weighted by atomic mass is 10.0. The molecule has 0 saturated carbocycles. The van der Waals surface area contributed by atoms with Gasteiger partial charge in [0, 0.05) is 23.5 Å². The van der Waals surface area contributed by atoms with Crippen molar-refractivity contribution >= 4 is 29.3 Å². The predicted molar refractivity (Wildman–Crippen MR) is 111 cm³/mol. The van der Waals surface area contributed by atoms with E-state index in [1.807, 2.05) is 6.92 Å². The van der Waals surface area contributed by atoms with Gasteiger partial charge in [-0.3, -0.25) is 19.8 Å². The van der Waals surface area contributed by atoms with Crippen LogP contribution in [-0.2, 0) is 14.3 Å². The third-order valence-corrected chi connectivity index (χ3v) is 4.59. The van der Waals surface area contributed by atoms with E-state index in [-0.39, 0.29) is 16.8 Å². The highest BCUT2D eigenvalue weighted by atomic mass is 16.6. The lowest BCUT2D eigenvalue weighted by molar-refractivity contribution is -0.384. The minimum absolute atomic E-state index is 0.105. The van der Waals surface area contributed by atoms with Gasteiger partial charge in [0.1, 0.15) is 5.75 Å². The summed E-state index contributed by atoms with van der Waals surface area (Å²) in [7, 11) is 1.23. The summed E-state index contributed by atoms with van der Waals surface area (Å²) >= 11 is 0. The molecule has 0 saturated heterocycles. The minimum Gasteiger partial charge on any atom is -0.494 e. The molecule has 0 atom stereocenters. The number of anilines is 1. The fourth-order valence-corrected chi connectivity index (χ4v) is 3.24. The van der Waals surface area contributed by atoms with Crippen LogP contribution in [0.1, 0.15) is 19.4 Å². The molecule has 2 aromatic rings. The van der Waals surface area contributed by atoms with Crippen molar-refractivity contribution in [3.63, 3.8) is 0 Å². The summed E-state index contributed by atoms with van der Waals surface area (Å²) in [6.07, 6.45) is 1.46. The summed E-state index contributed by atoms with van der Waals surface area (Å²) in [6.45, 7) is 4.04. The molecule has 8 heteroatoms. The van der Waals surface area contributed by atoms with Crippen molar-refractivity contribution in [2.24, 2.45) is 0 Å². The Morgan fingerprint density at radius 3 is 2.50 bits per heavy atom. The molecule has 30 heavy (non-hydrogen) atoms. The third-order valence-electron chi connectivity index (χ3n) is 4.59.